The maximum atomic E-state index is 13.9. The second-order valence-corrected chi connectivity index (χ2v) is 7.34. The highest BCUT2D eigenvalue weighted by Gasteiger charge is 2.43. The van der Waals surface area contributed by atoms with Crippen molar-refractivity contribution in [3.05, 3.63) is 48.3 Å². The van der Waals surface area contributed by atoms with Gasteiger partial charge >= 0.3 is 0 Å². The molecule has 8 heteroatoms. The topological polar surface area (TPSA) is 67.2 Å². The van der Waals surface area contributed by atoms with Crippen LogP contribution < -0.4 is 4.90 Å². The third kappa shape index (κ3) is 2.55. The highest BCUT2D eigenvalue weighted by atomic mass is 19.1. The smallest absolute Gasteiger partial charge is 0.256 e. The monoisotopic (exact) mass is 366 g/mol. The van der Waals surface area contributed by atoms with Gasteiger partial charge in [0.15, 0.2) is 17.0 Å². The molecule has 2 aromatic heterocycles. The lowest BCUT2D eigenvalue weighted by Crippen LogP contribution is -2.34. The molecule has 0 N–H and O–H groups in total. The van der Waals surface area contributed by atoms with Crippen molar-refractivity contribution in [2.75, 3.05) is 31.1 Å². The van der Waals surface area contributed by atoms with Gasteiger partial charge in [0.05, 0.1) is 11.9 Å². The largest absolute Gasteiger partial charge is 0.354 e. The lowest BCUT2D eigenvalue weighted by molar-refractivity contribution is 0.0778. The summed E-state index contributed by atoms with van der Waals surface area (Å²) < 4.78 is 15.8. The minimum absolute atomic E-state index is 0.153. The molecular formula is C19H19FN6O. The molecule has 7 nitrogen and oxygen atoms in total. The Morgan fingerprint density at radius 2 is 1.81 bits per heavy atom. The number of carbonyl (C=O) groups excluding carboxylic acids is 1. The van der Waals surface area contributed by atoms with Crippen molar-refractivity contribution >= 4 is 22.9 Å². The fourth-order valence-corrected chi connectivity index (χ4v) is 4.30. The van der Waals surface area contributed by atoms with Crippen LogP contribution in [0.1, 0.15) is 10.4 Å². The molecule has 5 rings (SSSR count). The Morgan fingerprint density at radius 1 is 1.07 bits per heavy atom. The van der Waals surface area contributed by atoms with Gasteiger partial charge in [-0.15, -0.1) is 0 Å². The van der Waals surface area contributed by atoms with Crippen LogP contribution >= 0.6 is 0 Å². The van der Waals surface area contributed by atoms with Crippen molar-refractivity contribution in [1.29, 1.82) is 0 Å². The lowest BCUT2D eigenvalue weighted by atomic mass is 10.0. The summed E-state index contributed by atoms with van der Waals surface area (Å²) in [7, 11) is 1.91. The van der Waals surface area contributed by atoms with E-state index in [2.05, 4.69) is 19.9 Å². The van der Waals surface area contributed by atoms with Crippen LogP contribution in [-0.2, 0) is 7.05 Å². The summed E-state index contributed by atoms with van der Waals surface area (Å²) in [6.45, 7) is 2.92. The molecule has 2 aliphatic heterocycles. The van der Waals surface area contributed by atoms with Crippen LogP contribution in [0.3, 0.4) is 0 Å². The third-order valence-corrected chi connectivity index (χ3v) is 5.66. The van der Waals surface area contributed by atoms with Gasteiger partial charge in [0.25, 0.3) is 5.91 Å². The molecule has 0 spiro atoms. The van der Waals surface area contributed by atoms with Gasteiger partial charge in [-0.05, 0) is 12.1 Å². The molecule has 4 heterocycles. The standard InChI is InChI=1S/C19H19FN6O/c1-24-11-23-16-17(24)21-10-22-18(16)25-6-12-8-26(9-13(12)7-25)19(27)14-4-2-3-5-15(14)20/h2-5,10-13H,6-9H2,1H3. The van der Waals surface area contributed by atoms with Crippen LogP contribution in [0.25, 0.3) is 11.2 Å². The van der Waals surface area contributed by atoms with Gasteiger partial charge < -0.3 is 14.4 Å². The maximum Gasteiger partial charge on any atom is 0.256 e. The normalized spacial score (nSPS) is 21.9. The summed E-state index contributed by atoms with van der Waals surface area (Å²) in [5.41, 5.74) is 1.77. The predicted octanol–water partition coefficient (Wildman–Crippen LogP) is 1.71. The Balaban J connectivity index is 1.34. The van der Waals surface area contributed by atoms with Crippen LogP contribution in [-0.4, -0.2) is 56.5 Å². The van der Waals surface area contributed by atoms with Gasteiger partial charge in [0, 0.05) is 45.1 Å². The SMILES string of the molecule is Cn1cnc2c(N3CC4CN(C(=O)c5ccccc5F)CC4C3)ncnc21. The number of aromatic nitrogens is 4. The zero-order chi connectivity index (χ0) is 18.5. The van der Waals surface area contributed by atoms with Gasteiger partial charge in [-0.2, -0.15) is 0 Å². The summed E-state index contributed by atoms with van der Waals surface area (Å²) in [5.74, 6) is 0.883. The van der Waals surface area contributed by atoms with E-state index in [-0.39, 0.29) is 11.5 Å². The molecule has 0 saturated carbocycles. The molecule has 0 radical (unpaired) electrons. The fourth-order valence-electron chi connectivity index (χ4n) is 4.30. The molecule has 0 aliphatic carbocycles. The average Bonchev–Trinajstić information content (AvgIpc) is 3.35. The average molecular weight is 366 g/mol. The molecule has 2 fully saturated rings. The highest BCUT2D eigenvalue weighted by molar-refractivity contribution is 5.94. The van der Waals surface area contributed by atoms with Crippen molar-refractivity contribution < 1.29 is 9.18 Å². The highest BCUT2D eigenvalue weighted by Crippen LogP contribution is 2.35. The molecule has 2 saturated heterocycles. The second kappa shape index (κ2) is 6.00. The number of likely N-dealkylation sites (tertiary alicyclic amines) is 1. The van der Waals surface area contributed by atoms with E-state index in [0.29, 0.717) is 24.9 Å². The van der Waals surface area contributed by atoms with Gasteiger partial charge in [-0.25, -0.2) is 19.3 Å². The van der Waals surface area contributed by atoms with Crippen molar-refractivity contribution in [1.82, 2.24) is 24.4 Å². The summed E-state index contributed by atoms with van der Waals surface area (Å²) in [6.07, 6.45) is 3.32. The number of rotatable bonds is 2. The molecule has 3 aromatic rings. The molecule has 2 atom stereocenters. The van der Waals surface area contributed by atoms with Crippen LogP contribution in [0.4, 0.5) is 10.2 Å². The van der Waals surface area contributed by atoms with E-state index in [1.165, 1.54) is 6.07 Å². The summed E-state index contributed by atoms with van der Waals surface area (Å²) in [5, 5.41) is 0. The minimum Gasteiger partial charge on any atom is -0.354 e. The Morgan fingerprint density at radius 3 is 2.56 bits per heavy atom. The van der Waals surface area contributed by atoms with Crippen LogP contribution in [0.15, 0.2) is 36.9 Å². The lowest BCUT2D eigenvalue weighted by Gasteiger charge is -2.22. The number of nitrogens with zero attached hydrogens (tertiary/aromatic N) is 6. The quantitative estimate of drug-likeness (QED) is 0.691. The number of imidazole rings is 1. The number of hydrogen-bond donors (Lipinski definition) is 0. The molecule has 2 aliphatic rings. The van der Waals surface area contributed by atoms with Crippen molar-refractivity contribution in [3.63, 3.8) is 0 Å². The summed E-state index contributed by atoms with van der Waals surface area (Å²) in [6, 6.07) is 6.18. The number of anilines is 1. The van der Waals surface area contributed by atoms with Crippen LogP contribution in [0.2, 0.25) is 0 Å². The predicted molar refractivity (Wildman–Crippen MR) is 97.8 cm³/mol. The van der Waals surface area contributed by atoms with Crippen LogP contribution in [0.5, 0.6) is 0 Å². The number of hydrogen-bond acceptors (Lipinski definition) is 5. The third-order valence-electron chi connectivity index (χ3n) is 5.66. The fraction of sp³-hybridized carbons (Fsp3) is 0.368. The maximum absolute atomic E-state index is 13.9. The molecular weight excluding hydrogens is 347 g/mol. The van der Waals surface area contributed by atoms with Gasteiger partial charge in [-0.3, -0.25) is 4.79 Å². The Hall–Kier alpha value is -3.03. The van der Waals surface area contributed by atoms with E-state index in [4.69, 9.17) is 0 Å². The van der Waals surface area contributed by atoms with E-state index in [9.17, 15) is 9.18 Å². The number of fused-ring (bicyclic) bond motifs is 2. The van der Waals surface area contributed by atoms with Gasteiger partial charge in [0.2, 0.25) is 0 Å². The van der Waals surface area contributed by atoms with E-state index in [1.807, 2.05) is 11.6 Å². The molecule has 1 aromatic carbocycles. The number of carbonyl (C=O) groups is 1. The Bertz CT molecular complexity index is 1020. The number of aryl methyl sites for hydroxylation is 1. The first kappa shape index (κ1) is 16.2. The zero-order valence-electron chi connectivity index (χ0n) is 14.9. The van der Waals surface area contributed by atoms with E-state index in [0.717, 1.165) is 30.1 Å². The molecule has 2 unspecified atom stereocenters. The first-order valence-electron chi connectivity index (χ1n) is 9.02. The molecule has 0 bridgehead atoms. The van der Waals surface area contributed by atoms with E-state index in [1.54, 1.807) is 35.8 Å². The first-order valence-corrected chi connectivity index (χ1v) is 9.02. The molecule has 138 valence electrons. The Labute approximate surface area is 155 Å². The van der Waals surface area contributed by atoms with Crippen LogP contribution in [0, 0.1) is 17.7 Å². The van der Waals surface area contributed by atoms with Crippen molar-refractivity contribution in [2.45, 2.75) is 0 Å². The molecule has 1 amide bonds. The Kier molecular flexibility index (Phi) is 3.60. The number of amides is 1. The van der Waals surface area contributed by atoms with E-state index >= 15 is 0 Å². The zero-order valence-corrected chi connectivity index (χ0v) is 14.9. The van der Waals surface area contributed by atoms with Crippen molar-refractivity contribution in [3.8, 4) is 0 Å². The van der Waals surface area contributed by atoms with Gasteiger partial charge in [0.1, 0.15) is 12.1 Å². The molecule has 27 heavy (non-hydrogen) atoms. The number of halogens is 1. The first-order chi connectivity index (χ1) is 13.1. The van der Waals surface area contributed by atoms with E-state index < -0.39 is 5.82 Å². The minimum atomic E-state index is -0.459. The summed E-state index contributed by atoms with van der Waals surface area (Å²) in [4.78, 5) is 29.9. The number of benzene rings is 1. The summed E-state index contributed by atoms with van der Waals surface area (Å²) >= 11 is 0. The second-order valence-electron chi connectivity index (χ2n) is 7.34. The van der Waals surface area contributed by atoms with Crippen molar-refractivity contribution in [2.24, 2.45) is 18.9 Å². The van der Waals surface area contributed by atoms with Gasteiger partial charge in [-0.1, -0.05) is 12.1 Å².